The van der Waals surface area contributed by atoms with Crippen LogP contribution in [0, 0.1) is 0 Å². The summed E-state index contributed by atoms with van der Waals surface area (Å²) in [5, 5.41) is 21.3. The smallest absolute Gasteiger partial charge is 0.305 e. The molecular formula is C22H33N5O4S. The molecule has 4 N–H and O–H groups in total. The number of hydrogen-bond acceptors (Lipinski definition) is 7. The van der Waals surface area contributed by atoms with Crippen molar-refractivity contribution in [2.75, 3.05) is 6.61 Å². The SMILES string of the molecule is CC(C)(C)Sc1nnc([C@@H](COCc2ccccc2)NC(=O)C(C)(C)N)n1CCC(=O)O. The molecule has 2 aromatic rings. The van der Waals surface area contributed by atoms with Gasteiger partial charge in [0.25, 0.3) is 0 Å². The normalized spacial score (nSPS) is 13.1. The second kappa shape index (κ2) is 10.9. The van der Waals surface area contributed by atoms with Gasteiger partial charge in [0.05, 0.1) is 25.2 Å². The maximum atomic E-state index is 12.6. The largest absolute Gasteiger partial charge is 0.481 e. The molecule has 0 saturated heterocycles. The predicted octanol–water partition coefficient (Wildman–Crippen LogP) is 2.75. The van der Waals surface area contributed by atoms with Crippen molar-refractivity contribution in [1.29, 1.82) is 0 Å². The molecule has 10 heteroatoms. The molecule has 1 aromatic heterocycles. The van der Waals surface area contributed by atoms with Crippen molar-refractivity contribution in [3.05, 3.63) is 41.7 Å². The Morgan fingerprint density at radius 2 is 1.84 bits per heavy atom. The van der Waals surface area contributed by atoms with Crippen molar-refractivity contribution in [1.82, 2.24) is 20.1 Å². The van der Waals surface area contributed by atoms with Gasteiger partial charge in [-0.3, -0.25) is 9.59 Å². The van der Waals surface area contributed by atoms with E-state index in [1.54, 1.807) is 18.4 Å². The van der Waals surface area contributed by atoms with Gasteiger partial charge in [0.1, 0.15) is 6.04 Å². The minimum Gasteiger partial charge on any atom is -0.481 e. The molecule has 1 atom stereocenters. The number of thioether (sulfide) groups is 1. The standard InChI is InChI=1S/C22H33N5O4S/c1-21(2,3)32-20-26-25-18(27(20)12-11-17(28)29)16(24-19(30)22(4,5)23)14-31-13-15-9-7-6-8-10-15/h6-10,16H,11-14,23H2,1-5H3,(H,24,30)(H,28,29)/t16-/m1/s1. The van der Waals surface area contributed by atoms with Crippen molar-refractivity contribution < 1.29 is 19.4 Å². The Balaban J connectivity index is 2.32. The van der Waals surface area contributed by atoms with Crippen molar-refractivity contribution in [2.24, 2.45) is 5.73 Å². The molecule has 176 valence electrons. The van der Waals surface area contributed by atoms with Crippen LogP contribution < -0.4 is 11.1 Å². The van der Waals surface area contributed by atoms with Crippen LogP contribution in [0.1, 0.15) is 58.5 Å². The summed E-state index contributed by atoms with van der Waals surface area (Å²) in [5.41, 5.74) is 5.86. The van der Waals surface area contributed by atoms with E-state index in [1.807, 2.05) is 51.1 Å². The highest BCUT2D eigenvalue weighted by molar-refractivity contribution is 8.00. The summed E-state index contributed by atoms with van der Waals surface area (Å²) < 4.78 is 7.46. The summed E-state index contributed by atoms with van der Waals surface area (Å²) in [6.45, 7) is 9.98. The van der Waals surface area contributed by atoms with E-state index in [1.165, 1.54) is 11.8 Å². The molecule has 0 aliphatic heterocycles. The Hall–Kier alpha value is -2.43. The highest BCUT2D eigenvalue weighted by atomic mass is 32.2. The first kappa shape index (κ1) is 25.8. The number of benzene rings is 1. The van der Waals surface area contributed by atoms with Crippen molar-refractivity contribution in [2.45, 2.75) is 75.7 Å². The van der Waals surface area contributed by atoms with Crippen LogP contribution >= 0.6 is 11.8 Å². The predicted molar refractivity (Wildman–Crippen MR) is 123 cm³/mol. The minimum atomic E-state index is -1.10. The summed E-state index contributed by atoms with van der Waals surface area (Å²) in [6, 6.07) is 9.02. The minimum absolute atomic E-state index is 0.101. The van der Waals surface area contributed by atoms with Crippen LogP contribution in [0.4, 0.5) is 0 Å². The third kappa shape index (κ3) is 8.25. The van der Waals surface area contributed by atoms with E-state index in [0.29, 0.717) is 17.6 Å². The molecule has 0 spiro atoms. The molecule has 0 aliphatic rings. The quantitative estimate of drug-likeness (QED) is 0.433. The van der Waals surface area contributed by atoms with Crippen LogP contribution in [0.15, 0.2) is 35.5 Å². The molecule has 1 amide bonds. The lowest BCUT2D eigenvalue weighted by Gasteiger charge is -2.25. The summed E-state index contributed by atoms with van der Waals surface area (Å²) in [6.07, 6.45) is -0.101. The number of rotatable bonds is 11. The number of nitrogens with two attached hydrogens (primary N) is 1. The average Bonchev–Trinajstić information content (AvgIpc) is 3.06. The van der Waals surface area contributed by atoms with E-state index >= 15 is 0 Å². The van der Waals surface area contributed by atoms with Crippen molar-refractivity contribution in [3.8, 4) is 0 Å². The van der Waals surface area contributed by atoms with E-state index in [2.05, 4.69) is 15.5 Å². The molecule has 0 unspecified atom stereocenters. The van der Waals surface area contributed by atoms with Gasteiger partial charge in [0.15, 0.2) is 11.0 Å². The van der Waals surface area contributed by atoms with E-state index in [-0.39, 0.29) is 30.2 Å². The van der Waals surface area contributed by atoms with Crippen LogP contribution in [0.5, 0.6) is 0 Å². The third-order valence-electron chi connectivity index (χ3n) is 4.29. The number of carbonyl (C=O) groups is 2. The Labute approximate surface area is 193 Å². The number of hydrogen-bond donors (Lipinski definition) is 3. The highest BCUT2D eigenvalue weighted by Gasteiger charge is 2.30. The second-order valence-electron chi connectivity index (χ2n) is 9.10. The molecule has 2 rings (SSSR count). The monoisotopic (exact) mass is 463 g/mol. The zero-order valence-corrected chi connectivity index (χ0v) is 20.1. The van der Waals surface area contributed by atoms with Crippen LogP contribution in [0.3, 0.4) is 0 Å². The summed E-state index contributed by atoms with van der Waals surface area (Å²) in [7, 11) is 0. The van der Waals surface area contributed by atoms with Crippen LogP contribution in [-0.4, -0.2) is 48.6 Å². The first-order valence-electron chi connectivity index (χ1n) is 10.4. The average molecular weight is 464 g/mol. The summed E-state index contributed by atoms with van der Waals surface area (Å²) in [5.74, 6) is -0.868. The molecule has 0 radical (unpaired) electrons. The molecule has 32 heavy (non-hydrogen) atoms. The van der Waals surface area contributed by atoms with Gasteiger partial charge < -0.3 is 25.5 Å². The van der Waals surface area contributed by atoms with Gasteiger partial charge in [-0.1, -0.05) is 62.9 Å². The summed E-state index contributed by atoms with van der Waals surface area (Å²) >= 11 is 1.48. The number of carboxylic acids is 1. The van der Waals surface area contributed by atoms with Crippen molar-refractivity contribution in [3.63, 3.8) is 0 Å². The van der Waals surface area contributed by atoms with Crippen molar-refractivity contribution >= 4 is 23.6 Å². The molecule has 0 saturated carbocycles. The number of nitrogens with one attached hydrogen (secondary N) is 1. The molecule has 1 aromatic carbocycles. The Morgan fingerprint density at radius 1 is 1.19 bits per heavy atom. The fourth-order valence-corrected chi connectivity index (χ4v) is 3.64. The van der Waals surface area contributed by atoms with Crippen LogP contribution in [0.25, 0.3) is 0 Å². The van der Waals surface area contributed by atoms with E-state index < -0.39 is 17.6 Å². The topological polar surface area (TPSA) is 132 Å². The van der Waals surface area contributed by atoms with Gasteiger partial charge >= 0.3 is 5.97 Å². The Bertz CT molecular complexity index is 903. The molecule has 0 aliphatic carbocycles. The Kier molecular flexibility index (Phi) is 8.82. The van der Waals surface area contributed by atoms with Gasteiger partial charge in [0.2, 0.25) is 5.91 Å². The van der Waals surface area contributed by atoms with E-state index in [9.17, 15) is 14.7 Å². The maximum absolute atomic E-state index is 12.6. The van der Waals surface area contributed by atoms with Gasteiger partial charge in [-0.25, -0.2) is 0 Å². The zero-order chi connectivity index (χ0) is 23.9. The van der Waals surface area contributed by atoms with E-state index in [0.717, 1.165) is 5.56 Å². The lowest BCUT2D eigenvalue weighted by molar-refractivity contribution is -0.137. The number of ether oxygens (including phenoxy) is 1. The number of nitrogens with zero attached hydrogens (tertiary/aromatic N) is 3. The van der Waals surface area contributed by atoms with Crippen LogP contribution in [-0.2, 0) is 27.5 Å². The molecule has 0 bridgehead atoms. The number of amides is 1. The molecule has 1 heterocycles. The summed E-state index contributed by atoms with van der Waals surface area (Å²) in [4.78, 5) is 23.9. The molecule has 9 nitrogen and oxygen atoms in total. The number of aromatic nitrogens is 3. The van der Waals surface area contributed by atoms with Gasteiger partial charge in [-0.15, -0.1) is 10.2 Å². The number of aliphatic carboxylic acids is 1. The first-order valence-corrected chi connectivity index (χ1v) is 11.2. The van der Waals surface area contributed by atoms with Gasteiger partial charge in [-0.05, 0) is 19.4 Å². The first-order chi connectivity index (χ1) is 14.9. The number of carboxylic acid groups (broad SMARTS) is 1. The lowest BCUT2D eigenvalue weighted by Crippen LogP contribution is -2.51. The fourth-order valence-electron chi connectivity index (χ4n) is 2.72. The molecule has 0 fully saturated rings. The third-order valence-corrected chi connectivity index (χ3v) is 5.39. The van der Waals surface area contributed by atoms with Gasteiger partial charge in [0, 0.05) is 11.3 Å². The fraction of sp³-hybridized carbons (Fsp3) is 0.545. The Morgan fingerprint density at radius 3 is 2.41 bits per heavy atom. The maximum Gasteiger partial charge on any atom is 0.305 e. The second-order valence-corrected chi connectivity index (χ2v) is 10.9. The van der Waals surface area contributed by atoms with Crippen LogP contribution in [0.2, 0.25) is 0 Å². The van der Waals surface area contributed by atoms with Gasteiger partial charge in [-0.2, -0.15) is 0 Å². The zero-order valence-electron chi connectivity index (χ0n) is 19.3. The van der Waals surface area contributed by atoms with E-state index in [4.69, 9.17) is 10.5 Å². The molecular weight excluding hydrogens is 430 g/mol. The number of carbonyl (C=O) groups excluding carboxylic acids is 1. The lowest BCUT2D eigenvalue weighted by atomic mass is 10.1. The highest BCUT2D eigenvalue weighted by Crippen LogP contribution is 2.32.